The SMILES string of the molecule is CC(CCc1ccco1)NCc1c(Cl)oc2ccccc12. The van der Waals surface area contributed by atoms with Crippen molar-refractivity contribution in [2.24, 2.45) is 0 Å². The number of benzene rings is 1. The number of nitrogens with one attached hydrogen (secondary N) is 1. The van der Waals surface area contributed by atoms with Gasteiger partial charge in [-0.05, 0) is 43.1 Å². The van der Waals surface area contributed by atoms with Crippen molar-refractivity contribution in [3.63, 3.8) is 0 Å². The van der Waals surface area contributed by atoms with Gasteiger partial charge in [0.05, 0.1) is 6.26 Å². The van der Waals surface area contributed by atoms with Gasteiger partial charge in [-0.15, -0.1) is 0 Å². The first kappa shape index (κ1) is 14.2. The fourth-order valence-electron chi connectivity index (χ4n) is 2.43. The van der Waals surface area contributed by atoms with E-state index in [0.717, 1.165) is 35.1 Å². The molecule has 0 aliphatic heterocycles. The van der Waals surface area contributed by atoms with Crippen LogP contribution in [-0.4, -0.2) is 6.04 Å². The van der Waals surface area contributed by atoms with Gasteiger partial charge >= 0.3 is 0 Å². The topological polar surface area (TPSA) is 38.3 Å². The monoisotopic (exact) mass is 303 g/mol. The van der Waals surface area contributed by atoms with E-state index in [9.17, 15) is 0 Å². The standard InChI is InChI=1S/C17H18ClNO2/c1-12(8-9-13-5-4-10-20-13)19-11-15-14-6-2-3-7-16(14)21-17(15)18/h2-7,10,12,19H,8-9,11H2,1H3. The minimum absolute atomic E-state index is 0.375. The second-order valence-corrected chi connectivity index (χ2v) is 5.59. The Kier molecular flexibility index (Phi) is 4.32. The fourth-order valence-corrected chi connectivity index (χ4v) is 2.68. The number of hydrogen-bond donors (Lipinski definition) is 1. The molecule has 110 valence electrons. The number of hydrogen-bond acceptors (Lipinski definition) is 3. The summed E-state index contributed by atoms with van der Waals surface area (Å²) in [5.41, 5.74) is 1.86. The van der Waals surface area contributed by atoms with Gasteiger partial charge in [0, 0.05) is 30.0 Å². The van der Waals surface area contributed by atoms with Crippen LogP contribution in [0.25, 0.3) is 11.0 Å². The highest BCUT2D eigenvalue weighted by Gasteiger charge is 2.13. The molecule has 3 aromatic rings. The maximum atomic E-state index is 6.19. The number of fused-ring (bicyclic) bond motifs is 1. The van der Waals surface area contributed by atoms with Crippen LogP contribution in [0.15, 0.2) is 51.5 Å². The highest BCUT2D eigenvalue weighted by atomic mass is 35.5. The van der Waals surface area contributed by atoms with Crippen LogP contribution >= 0.6 is 11.6 Å². The summed E-state index contributed by atoms with van der Waals surface area (Å²) in [7, 11) is 0. The second-order valence-electron chi connectivity index (χ2n) is 5.25. The fraction of sp³-hybridized carbons (Fsp3) is 0.294. The van der Waals surface area contributed by atoms with Crippen LogP contribution in [0.1, 0.15) is 24.7 Å². The maximum Gasteiger partial charge on any atom is 0.199 e. The lowest BCUT2D eigenvalue weighted by atomic mass is 10.1. The molecule has 3 nitrogen and oxygen atoms in total. The maximum absolute atomic E-state index is 6.19. The van der Waals surface area contributed by atoms with Crippen molar-refractivity contribution >= 4 is 22.6 Å². The molecule has 4 heteroatoms. The number of aryl methyl sites for hydroxylation is 1. The van der Waals surface area contributed by atoms with Gasteiger partial charge in [0.2, 0.25) is 0 Å². The van der Waals surface area contributed by atoms with E-state index in [2.05, 4.69) is 12.2 Å². The van der Waals surface area contributed by atoms with Gasteiger partial charge in [-0.2, -0.15) is 0 Å². The first-order valence-electron chi connectivity index (χ1n) is 7.15. The van der Waals surface area contributed by atoms with Crippen molar-refractivity contribution in [3.05, 3.63) is 59.2 Å². The van der Waals surface area contributed by atoms with Crippen molar-refractivity contribution in [2.45, 2.75) is 32.4 Å². The molecule has 0 saturated carbocycles. The van der Waals surface area contributed by atoms with E-state index in [0.29, 0.717) is 17.8 Å². The summed E-state index contributed by atoms with van der Waals surface area (Å²) >= 11 is 6.19. The lowest BCUT2D eigenvalue weighted by Crippen LogP contribution is -2.25. The zero-order valence-corrected chi connectivity index (χ0v) is 12.7. The zero-order valence-electron chi connectivity index (χ0n) is 11.9. The molecule has 0 bridgehead atoms. The van der Waals surface area contributed by atoms with E-state index >= 15 is 0 Å². The normalized spacial score (nSPS) is 12.9. The summed E-state index contributed by atoms with van der Waals surface area (Å²) in [6.07, 6.45) is 3.66. The molecular formula is C17H18ClNO2. The van der Waals surface area contributed by atoms with Crippen molar-refractivity contribution in [3.8, 4) is 0 Å². The molecule has 3 rings (SSSR count). The summed E-state index contributed by atoms with van der Waals surface area (Å²) in [6.45, 7) is 2.87. The van der Waals surface area contributed by atoms with E-state index < -0.39 is 0 Å². The zero-order chi connectivity index (χ0) is 14.7. The molecular weight excluding hydrogens is 286 g/mol. The Morgan fingerprint density at radius 2 is 2.05 bits per heavy atom. The average molecular weight is 304 g/mol. The minimum atomic E-state index is 0.375. The molecule has 0 radical (unpaired) electrons. The lowest BCUT2D eigenvalue weighted by molar-refractivity contribution is 0.459. The molecule has 21 heavy (non-hydrogen) atoms. The molecule has 0 saturated heterocycles. The quantitative estimate of drug-likeness (QED) is 0.711. The summed E-state index contributed by atoms with van der Waals surface area (Å²) in [5, 5.41) is 5.05. The molecule has 1 aromatic carbocycles. The van der Waals surface area contributed by atoms with Crippen LogP contribution in [0.4, 0.5) is 0 Å². The summed E-state index contributed by atoms with van der Waals surface area (Å²) < 4.78 is 10.9. The predicted octanol–water partition coefficient (Wildman–Crippen LogP) is 4.79. The molecule has 2 heterocycles. The number of para-hydroxylation sites is 1. The number of furan rings is 2. The first-order chi connectivity index (χ1) is 10.2. The van der Waals surface area contributed by atoms with E-state index in [4.69, 9.17) is 20.4 Å². The van der Waals surface area contributed by atoms with Crippen LogP contribution in [0, 0.1) is 0 Å². The summed E-state index contributed by atoms with van der Waals surface area (Å²) in [5.74, 6) is 1.02. The largest absolute Gasteiger partial charge is 0.469 e. The Labute approximate surface area is 128 Å². The van der Waals surface area contributed by atoms with Crippen LogP contribution in [0.3, 0.4) is 0 Å². The molecule has 1 unspecified atom stereocenters. The summed E-state index contributed by atoms with van der Waals surface area (Å²) in [4.78, 5) is 0. The van der Waals surface area contributed by atoms with Crippen LogP contribution in [0.2, 0.25) is 5.22 Å². The Balaban J connectivity index is 1.59. The molecule has 0 amide bonds. The number of halogens is 1. The van der Waals surface area contributed by atoms with E-state index in [-0.39, 0.29) is 0 Å². The molecule has 0 fully saturated rings. The molecule has 1 atom stereocenters. The van der Waals surface area contributed by atoms with Gasteiger partial charge in [0.15, 0.2) is 5.22 Å². The summed E-state index contributed by atoms with van der Waals surface area (Å²) in [6, 6.07) is 12.2. The van der Waals surface area contributed by atoms with Crippen molar-refractivity contribution in [1.29, 1.82) is 0 Å². The highest BCUT2D eigenvalue weighted by Crippen LogP contribution is 2.29. The van der Waals surface area contributed by atoms with Gasteiger partial charge in [0.25, 0.3) is 0 Å². The smallest absolute Gasteiger partial charge is 0.199 e. The van der Waals surface area contributed by atoms with E-state index in [1.807, 2.05) is 36.4 Å². The molecule has 1 N–H and O–H groups in total. The van der Waals surface area contributed by atoms with Crippen molar-refractivity contribution in [1.82, 2.24) is 5.32 Å². The van der Waals surface area contributed by atoms with Crippen molar-refractivity contribution in [2.75, 3.05) is 0 Å². The van der Waals surface area contributed by atoms with Gasteiger partial charge in [0.1, 0.15) is 11.3 Å². The second kappa shape index (κ2) is 6.37. The molecule has 0 aliphatic rings. The molecule has 0 spiro atoms. The lowest BCUT2D eigenvalue weighted by Gasteiger charge is -2.12. The van der Waals surface area contributed by atoms with Crippen LogP contribution in [0.5, 0.6) is 0 Å². The van der Waals surface area contributed by atoms with Crippen LogP contribution < -0.4 is 5.32 Å². The third-order valence-electron chi connectivity index (χ3n) is 3.68. The van der Waals surface area contributed by atoms with Gasteiger partial charge in [-0.1, -0.05) is 18.2 Å². The van der Waals surface area contributed by atoms with Crippen molar-refractivity contribution < 1.29 is 8.83 Å². The van der Waals surface area contributed by atoms with Gasteiger partial charge in [-0.3, -0.25) is 0 Å². The third-order valence-corrected chi connectivity index (χ3v) is 3.99. The Morgan fingerprint density at radius 1 is 1.19 bits per heavy atom. The van der Waals surface area contributed by atoms with Crippen LogP contribution in [-0.2, 0) is 13.0 Å². The highest BCUT2D eigenvalue weighted by molar-refractivity contribution is 6.30. The Bertz CT molecular complexity index is 703. The first-order valence-corrected chi connectivity index (χ1v) is 7.53. The minimum Gasteiger partial charge on any atom is -0.469 e. The predicted molar refractivity (Wildman–Crippen MR) is 84.6 cm³/mol. The molecule has 0 aliphatic carbocycles. The van der Waals surface area contributed by atoms with Gasteiger partial charge < -0.3 is 14.2 Å². The van der Waals surface area contributed by atoms with Gasteiger partial charge in [-0.25, -0.2) is 0 Å². The Hall–Kier alpha value is -1.71. The average Bonchev–Trinajstić information content (AvgIpc) is 3.10. The molecule has 2 aromatic heterocycles. The third kappa shape index (κ3) is 3.31. The Morgan fingerprint density at radius 3 is 2.86 bits per heavy atom. The van der Waals surface area contributed by atoms with E-state index in [1.54, 1.807) is 6.26 Å². The number of rotatable bonds is 6. The van der Waals surface area contributed by atoms with E-state index in [1.165, 1.54) is 0 Å².